The third-order valence-corrected chi connectivity index (χ3v) is 6.54. The topological polar surface area (TPSA) is 88.1 Å². The summed E-state index contributed by atoms with van der Waals surface area (Å²) in [5.41, 5.74) is 1.07. The van der Waals surface area contributed by atoms with Gasteiger partial charge in [0, 0.05) is 42.7 Å². The van der Waals surface area contributed by atoms with E-state index in [1.54, 1.807) is 18.5 Å². The summed E-state index contributed by atoms with van der Waals surface area (Å²) in [6.45, 7) is 1.12. The largest absolute Gasteiger partial charge is 0.416 e. The van der Waals surface area contributed by atoms with Crippen molar-refractivity contribution in [3.05, 3.63) is 59.5 Å². The molecule has 180 valence electrons. The van der Waals surface area contributed by atoms with Crippen molar-refractivity contribution in [2.75, 3.05) is 24.2 Å². The first-order valence-electron chi connectivity index (χ1n) is 10.4. The second-order valence-electron chi connectivity index (χ2n) is 8.01. The van der Waals surface area contributed by atoms with Crippen molar-refractivity contribution in [3.8, 4) is 22.5 Å². The highest BCUT2D eigenvalue weighted by atomic mass is 35.5. The van der Waals surface area contributed by atoms with E-state index in [4.69, 9.17) is 16.6 Å². The summed E-state index contributed by atoms with van der Waals surface area (Å²) in [5, 5.41) is 0.332. The van der Waals surface area contributed by atoms with Crippen LogP contribution in [0.1, 0.15) is 18.4 Å². The highest BCUT2D eigenvalue weighted by Gasteiger charge is 2.30. The van der Waals surface area contributed by atoms with Gasteiger partial charge in [-0.1, -0.05) is 23.7 Å². The van der Waals surface area contributed by atoms with Crippen molar-refractivity contribution in [1.82, 2.24) is 19.7 Å². The molecule has 12 heteroatoms. The van der Waals surface area contributed by atoms with Crippen LogP contribution in [0.5, 0.6) is 0 Å². The lowest BCUT2D eigenvalue weighted by molar-refractivity contribution is -0.137. The first kappa shape index (κ1) is 24.4. The molecule has 3 heterocycles. The minimum Gasteiger partial charge on any atom is -0.355 e. The molecule has 34 heavy (non-hydrogen) atoms. The van der Waals surface area contributed by atoms with Crippen LogP contribution >= 0.6 is 11.6 Å². The zero-order chi connectivity index (χ0) is 24.5. The Kier molecular flexibility index (Phi) is 6.79. The summed E-state index contributed by atoms with van der Waals surface area (Å²) in [4.78, 5) is 15.3. The summed E-state index contributed by atoms with van der Waals surface area (Å²) < 4.78 is 64.6. The number of anilines is 1. The van der Waals surface area contributed by atoms with Crippen molar-refractivity contribution in [2.45, 2.75) is 25.1 Å². The maximum Gasteiger partial charge on any atom is 0.416 e. The van der Waals surface area contributed by atoms with Crippen LogP contribution in [-0.4, -0.2) is 48.8 Å². The van der Waals surface area contributed by atoms with E-state index < -0.39 is 21.8 Å². The number of nitrogens with one attached hydrogen (secondary N) is 1. The lowest BCUT2D eigenvalue weighted by Crippen LogP contribution is -2.44. The smallest absolute Gasteiger partial charge is 0.355 e. The Morgan fingerprint density at radius 2 is 1.74 bits per heavy atom. The van der Waals surface area contributed by atoms with Crippen LogP contribution in [0.2, 0.25) is 5.02 Å². The Morgan fingerprint density at radius 1 is 1.06 bits per heavy atom. The predicted octanol–water partition coefficient (Wildman–Crippen LogP) is 4.40. The zero-order valence-electron chi connectivity index (χ0n) is 18.1. The van der Waals surface area contributed by atoms with E-state index in [0.29, 0.717) is 59.3 Å². The number of nitrogens with zero attached hydrogens (tertiary/aromatic N) is 4. The first-order valence-corrected chi connectivity index (χ1v) is 12.6. The molecule has 1 aliphatic rings. The monoisotopic (exact) mass is 511 g/mol. The van der Waals surface area contributed by atoms with Gasteiger partial charge in [-0.3, -0.25) is 9.97 Å². The molecular weight excluding hydrogens is 491 g/mol. The van der Waals surface area contributed by atoms with Crippen molar-refractivity contribution in [1.29, 1.82) is 0 Å². The molecule has 1 saturated heterocycles. The Morgan fingerprint density at radius 3 is 2.32 bits per heavy atom. The standard InChI is InChI=1S/C22H21ClF3N5O2S/c1-34(32,33)30-16-7-10-31(11-8-16)19-13-28-20(14-2-4-15(5-3-14)22(24,25)26)21(29-19)17-6-9-27-12-18(17)23/h2-6,9,12-13,16,30H,7-8,10-11H2,1H3. The fraction of sp³-hybridized carbons (Fsp3) is 0.318. The van der Waals surface area contributed by atoms with Crippen molar-refractivity contribution < 1.29 is 21.6 Å². The minimum absolute atomic E-state index is 0.153. The fourth-order valence-electron chi connectivity index (χ4n) is 3.84. The number of hydrogen-bond donors (Lipinski definition) is 1. The highest BCUT2D eigenvalue weighted by Crippen LogP contribution is 2.36. The first-order chi connectivity index (χ1) is 16.0. The van der Waals surface area contributed by atoms with E-state index in [0.717, 1.165) is 18.4 Å². The molecule has 2 aromatic heterocycles. The number of rotatable bonds is 5. The number of alkyl halides is 3. The predicted molar refractivity (Wildman–Crippen MR) is 124 cm³/mol. The number of hydrogen-bond acceptors (Lipinski definition) is 6. The number of piperidine rings is 1. The van der Waals surface area contributed by atoms with Crippen LogP contribution in [0.3, 0.4) is 0 Å². The van der Waals surface area contributed by atoms with Crippen LogP contribution in [0, 0.1) is 0 Å². The molecule has 1 aromatic carbocycles. The van der Waals surface area contributed by atoms with E-state index in [-0.39, 0.29) is 6.04 Å². The van der Waals surface area contributed by atoms with Gasteiger partial charge in [0.25, 0.3) is 0 Å². The van der Waals surface area contributed by atoms with Gasteiger partial charge in [-0.2, -0.15) is 13.2 Å². The number of aromatic nitrogens is 3. The molecule has 1 fully saturated rings. The zero-order valence-corrected chi connectivity index (χ0v) is 19.6. The van der Waals surface area contributed by atoms with E-state index in [2.05, 4.69) is 14.7 Å². The summed E-state index contributed by atoms with van der Waals surface area (Å²) in [5.74, 6) is 0.566. The summed E-state index contributed by atoms with van der Waals surface area (Å²) >= 11 is 6.36. The summed E-state index contributed by atoms with van der Waals surface area (Å²) in [7, 11) is -3.29. The molecule has 0 aliphatic carbocycles. The van der Waals surface area contributed by atoms with E-state index >= 15 is 0 Å². The molecule has 4 rings (SSSR count). The maximum atomic E-state index is 13.0. The van der Waals surface area contributed by atoms with Gasteiger partial charge in [0.1, 0.15) is 11.5 Å². The average molecular weight is 512 g/mol. The van der Waals surface area contributed by atoms with Crippen LogP contribution in [0.25, 0.3) is 22.5 Å². The molecule has 0 unspecified atom stereocenters. The number of benzene rings is 1. The highest BCUT2D eigenvalue weighted by molar-refractivity contribution is 7.88. The Balaban J connectivity index is 1.68. The molecule has 0 atom stereocenters. The summed E-state index contributed by atoms with van der Waals surface area (Å²) in [6, 6.07) is 6.23. The van der Waals surface area contributed by atoms with E-state index in [1.165, 1.54) is 18.3 Å². The van der Waals surface area contributed by atoms with Gasteiger partial charge in [0.05, 0.1) is 28.7 Å². The van der Waals surface area contributed by atoms with Gasteiger partial charge in [-0.25, -0.2) is 18.1 Å². The molecular formula is C22H21ClF3N5O2S. The summed E-state index contributed by atoms with van der Waals surface area (Å²) in [6.07, 6.45) is 2.47. The molecule has 0 spiro atoms. The van der Waals surface area contributed by atoms with E-state index in [9.17, 15) is 21.6 Å². The molecule has 1 N–H and O–H groups in total. The van der Waals surface area contributed by atoms with Gasteiger partial charge < -0.3 is 4.90 Å². The lowest BCUT2D eigenvalue weighted by Gasteiger charge is -2.33. The Hall–Kier alpha value is -2.76. The second-order valence-corrected chi connectivity index (χ2v) is 10.2. The van der Waals surface area contributed by atoms with Crippen molar-refractivity contribution >= 4 is 27.4 Å². The molecule has 3 aromatic rings. The number of sulfonamides is 1. The fourth-order valence-corrected chi connectivity index (χ4v) is 4.89. The molecule has 0 saturated carbocycles. The van der Waals surface area contributed by atoms with Crippen LogP contribution < -0.4 is 9.62 Å². The van der Waals surface area contributed by atoms with E-state index in [1.807, 2.05) is 4.90 Å². The molecule has 0 bridgehead atoms. The third kappa shape index (κ3) is 5.65. The Labute approximate surface area is 200 Å². The second kappa shape index (κ2) is 9.47. The molecule has 7 nitrogen and oxygen atoms in total. The Bertz CT molecular complexity index is 1280. The van der Waals surface area contributed by atoms with Crippen LogP contribution in [0.15, 0.2) is 48.9 Å². The third-order valence-electron chi connectivity index (χ3n) is 5.47. The van der Waals surface area contributed by atoms with Crippen molar-refractivity contribution in [3.63, 3.8) is 0 Å². The van der Waals surface area contributed by atoms with Gasteiger partial charge in [0.15, 0.2) is 0 Å². The van der Waals surface area contributed by atoms with Gasteiger partial charge in [-0.15, -0.1) is 0 Å². The lowest BCUT2D eigenvalue weighted by atomic mass is 10.0. The SMILES string of the molecule is CS(=O)(=O)NC1CCN(c2cnc(-c3ccc(C(F)(F)F)cc3)c(-c3ccncc3Cl)n2)CC1. The molecule has 0 amide bonds. The normalized spacial score (nSPS) is 15.5. The van der Waals surface area contributed by atoms with Gasteiger partial charge >= 0.3 is 6.18 Å². The average Bonchev–Trinajstić information content (AvgIpc) is 2.78. The van der Waals surface area contributed by atoms with Gasteiger partial charge in [0.2, 0.25) is 10.0 Å². The van der Waals surface area contributed by atoms with Crippen LogP contribution in [0.4, 0.5) is 19.0 Å². The van der Waals surface area contributed by atoms with Crippen LogP contribution in [-0.2, 0) is 16.2 Å². The molecule has 1 aliphatic heterocycles. The van der Waals surface area contributed by atoms with Crippen molar-refractivity contribution in [2.24, 2.45) is 0 Å². The minimum atomic E-state index is -4.44. The van der Waals surface area contributed by atoms with Gasteiger partial charge in [-0.05, 0) is 31.0 Å². The number of halogens is 4. The number of pyridine rings is 1. The molecule has 0 radical (unpaired) electrons. The quantitative estimate of drug-likeness (QED) is 0.546. The maximum absolute atomic E-state index is 13.0.